The molecule has 1 nitrogen and oxygen atoms in total. The molecule has 1 atom stereocenters. The van der Waals surface area contributed by atoms with Crippen LogP contribution in [0.1, 0.15) is 22.3 Å². The molecular formula is C65H41N. The highest BCUT2D eigenvalue weighted by Gasteiger charge is 2.53. The first kappa shape index (κ1) is 36.9. The number of hydrogen-bond acceptors (Lipinski definition) is 1. The fourth-order valence-electron chi connectivity index (χ4n) is 11.9. The Balaban J connectivity index is 1.01. The normalized spacial score (nSPS) is 14.4. The topological polar surface area (TPSA) is 3.24 Å². The van der Waals surface area contributed by atoms with Gasteiger partial charge in [0.05, 0.1) is 16.8 Å². The lowest BCUT2D eigenvalue weighted by Crippen LogP contribution is -2.26. The highest BCUT2D eigenvalue weighted by molar-refractivity contribution is 6.21. The van der Waals surface area contributed by atoms with Gasteiger partial charge >= 0.3 is 0 Å². The second-order valence-electron chi connectivity index (χ2n) is 17.9. The molecule has 0 aromatic heterocycles. The number of hydrogen-bond donors (Lipinski definition) is 0. The minimum atomic E-state index is -0.535. The zero-order chi connectivity index (χ0) is 43.3. The van der Waals surface area contributed by atoms with E-state index < -0.39 is 5.41 Å². The van der Waals surface area contributed by atoms with E-state index in [2.05, 4.69) is 254 Å². The molecule has 14 rings (SSSR count). The van der Waals surface area contributed by atoms with Crippen LogP contribution >= 0.6 is 0 Å². The second-order valence-corrected chi connectivity index (χ2v) is 17.9. The summed E-state index contributed by atoms with van der Waals surface area (Å²) in [5, 5.41) is 2.69. The van der Waals surface area contributed by atoms with Gasteiger partial charge in [0.25, 0.3) is 0 Å². The quantitative estimate of drug-likeness (QED) is 0.161. The summed E-state index contributed by atoms with van der Waals surface area (Å²) in [4.78, 5) is 2.52. The summed E-state index contributed by atoms with van der Waals surface area (Å²) in [5.74, 6) is 0. The Hall–Kier alpha value is -8.52. The number of para-hydroxylation sites is 1. The van der Waals surface area contributed by atoms with Crippen LogP contribution in [0, 0.1) is 0 Å². The summed E-state index contributed by atoms with van der Waals surface area (Å²) >= 11 is 0. The molecule has 0 N–H and O–H groups in total. The zero-order valence-electron chi connectivity index (χ0n) is 36.1. The van der Waals surface area contributed by atoms with Crippen molar-refractivity contribution in [2.75, 3.05) is 4.90 Å². The molecule has 11 aromatic carbocycles. The number of anilines is 3. The van der Waals surface area contributed by atoms with Crippen molar-refractivity contribution in [3.63, 3.8) is 0 Å². The number of fused-ring (bicyclic) bond motifs is 14. The Labute approximate surface area is 385 Å². The number of rotatable bonds is 6. The predicted octanol–water partition coefficient (Wildman–Crippen LogP) is 17.3. The lowest BCUT2D eigenvalue weighted by Gasteiger charge is -2.32. The molecule has 1 unspecified atom stereocenters. The Bertz CT molecular complexity index is 3730. The Morgan fingerprint density at radius 1 is 0.258 bits per heavy atom. The van der Waals surface area contributed by atoms with Gasteiger partial charge in [-0.3, -0.25) is 0 Å². The van der Waals surface area contributed by atoms with Crippen LogP contribution in [0.25, 0.3) is 88.7 Å². The van der Waals surface area contributed by atoms with Gasteiger partial charge in [-0.2, -0.15) is 0 Å². The van der Waals surface area contributed by atoms with Gasteiger partial charge in [0.1, 0.15) is 0 Å². The van der Waals surface area contributed by atoms with Crippen molar-refractivity contribution in [2.45, 2.75) is 5.41 Å². The van der Waals surface area contributed by atoms with Gasteiger partial charge in [-0.15, -0.1) is 0 Å². The summed E-state index contributed by atoms with van der Waals surface area (Å²) in [6.45, 7) is 0. The van der Waals surface area contributed by atoms with Crippen molar-refractivity contribution in [2.24, 2.45) is 0 Å². The summed E-state index contributed by atoms with van der Waals surface area (Å²) in [7, 11) is 0. The van der Waals surface area contributed by atoms with Crippen molar-refractivity contribution in [1.82, 2.24) is 0 Å². The van der Waals surface area contributed by atoms with E-state index in [1.165, 1.54) is 111 Å². The van der Waals surface area contributed by atoms with Crippen molar-refractivity contribution >= 4 is 27.8 Å². The van der Waals surface area contributed by atoms with Crippen molar-refractivity contribution in [3.8, 4) is 77.9 Å². The maximum atomic E-state index is 2.57. The van der Waals surface area contributed by atoms with Gasteiger partial charge in [-0.05, 0) is 130 Å². The summed E-state index contributed by atoms with van der Waals surface area (Å²) in [6.07, 6.45) is 0. The van der Waals surface area contributed by atoms with Crippen molar-refractivity contribution in [1.29, 1.82) is 0 Å². The van der Waals surface area contributed by atoms with Crippen LogP contribution in [-0.4, -0.2) is 0 Å². The molecule has 0 saturated heterocycles. The third-order valence-electron chi connectivity index (χ3n) is 14.6. The molecule has 0 saturated carbocycles. The Morgan fingerprint density at radius 3 is 1.38 bits per heavy atom. The monoisotopic (exact) mass is 835 g/mol. The molecule has 0 amide bonds. The van der Waals surface area contributed by atoms with Crippen LogP contribution in [0.15, 0.2) is 249 Å². The summed E-state index contributed by atoms with van der Waals surface area (Å²) < 4.78 is 0. The van der Waals surface area contributed by atoms with E-state index in [0.29, 0.717) is 0 Å². The molecule has 0 aliphatic heterocycles. The molecule has 0 bridgehead atoms. The van der Waals surface area contributed by atoms with E-state index in [1.807, 2.05) is 0 Å². The van der Waals surface area contributed by atoms with Gasteiger partial charge in [0, 0.05) is 16.8 Å². The standard InChI is InChI=1S/C65H41N/c1-3-17-42(18-4-1)43-33-35-44(36-34-43)45-37-39-47(40-38-45)66(60-31-14-11-21-48(60)46-19-5-2-6-20-46)61-32-16-30-58-64(61)53-25-10-13-29-57(53)65(58)56-28-12-9-24-52(56)63-54-27-15-26-51-49-22-7-8-23-50(49)55(62(51)54)41-59(63)65/h1-41H. The molecule has 0 fully saturated rings. The first-order chi connectivity index (χ1) is 32.8. The SMILES string of the molecule is c1ccc(-c2ccc(-c3ccc(N(c4ccccc4-c4ccccc4)c4cccc5c4-c4ccccc4C54c5ccccc5-c5c4cc4c6c(cccc56)-c5ccccc5-4)cc3)cc2)cc1. The fraction of sp³-hybridized carbons (Fsp3) is 0.0154. The molecule has 0 heterocycles. The highest BCUT2D eigenvalue weighted by Crippen LogP contribution is 2.67. The van der Waals surface area contributed by atoms with Crippen molar-refractivity contribution < 1.29 is 0 Å². The molecule has 66 heavy (non-hydrogen) atoms. The van der Waals surface area contributed by atoms with Gasteiger partial charge in [-0.25, -0.2) is 0 Å². The third kappa shape index (κ3) is 5.11. The third-order valence-corrected chi connectivity index (χ3v) is 14.6. The van der Waals surface area contributed by atoms with E-state index in [9.17, 15) is 0 Å². The van der Waals surface area contributed by atoms with Crippen LogP contribution in [0.4, 0.5) is 17.1 Å². The van der Waals surface area contributed by atoms with E-state index >= 15 is 0 Å². The maximum Gasteiger partial charge on any atom is 0.0726 e. The highest BCUT2D eigenvalue weighted by atomic mass is 15.1. The van der Waals surface area contributed by atoms with Crippen LogP contribution in [0.3, 0.4) is 0 Å². The molecule has 0 radical (unpaired) electrons. The minimum absolute atomic E-state index is 0.535. The van der Waals surface area contributed by atoms with Crippen molar-refractivity contribution in [3.05, 3.63) is 271 Å². The smallest absolute Gasteiger partial charge is 0.0726 e. The largest absolute Gasteiger partial charge is 0.309 e. The number of nitrogens with zero attached hydrogens (tertiary/aromatic N) is 1. The van der Waals surface area contributed by atoms with Crippen LogP contribution in [0.5, 0.6) is 0 Å². The van der Waals surface area contributed by atoms with Gasteiger partial charge < -0.3 is 4.90 Å². The number of benzene rings is 11. The molecule has 306 valence electrons. The molecule has 3 aliphatic rings. The Morgan fingerprint density at radius 2 is 0.712 bits per heavy atom. The summed E-state index contributed by atoms with van der Waals surface area (Å²) in [5.41, 5.74) is 25.9. The first-order valence-electron chi connectivity index (χ1n) is 23.0. The minimum Gasteiger partial charge on any atom is -0.309 e. The zero-order valence-corrected chi connectivity index (χ0v) is 36.1. The van der Waals surface area contributed by atoms with Gasteiger partial charge in [0.15, 0.2) is 0 Å². The second kappa shape index (κ2) is 14.2. The van der Waals surface area contributed by atoms with E-state index in [-0.39, 0.29) is 0 Å². The molecule has 1 heteroatoms. The molecule has 3 aliphatic carbocycles. The maximum absolute atomic E-state index is 2.57. The Kier molecular flexibility index (Phi) is 7.97. The predicted molar refractivity (Wildman–Crippen MR) is 276 cm³/mol. The van der Waals surface area contributed by atoms with Gasteiger partial charge in [0.2, 0.25) is 0 Å². The average molecular weight is 836 g/mol. The molecule has 11 aromatic rings. The van der Waals surface area contributed by atoms with Gasteiger partial charge in [-0.1, -0.05) is 218 Å². The van der Waals surface area contributed by atoms with Crippen LogP contribution in [0.2, 0.25) is 0 Å². The van der Waals surface area contributed by atoms with E-state index in [4.69, 9.17) is 0 Å². The first-order valence-corrected chi connectivity index (χ1v) is 23.0. The van der Waals surface area contributed by atoms with E-state index in [0.717, 1.165) is 17.1 Å². The fourth-order valence-corrected chi connectivity index (χ4v) is 11.9. The van der Waals surface area contributed by atoms with Crippen LogP contribution in [-0.2, 0) is 5.41 Å². The average Bonchev–Trinajstić information content (AvgIpc) is 4.00. The lowest BCUT2D eigenvalue weighted by atomic mass is 9.70. The lowest BCUT2D eigenvalue weighted by molar-refractivity contribution is 0.794. The molecule has 1 spiro atoms. The molecular weight excluding hydrogens is 795 g/mol. The van der Waals surface area contributed by atoms with E-state index in [1.54, 1.807) is 0 Å². The van der Waals surface area contributed by atoms with Crippen LogP contribution < -0.4 is 4.90 Å². The summed E-state index contributed by atoms with van der Waals surface area (Å²) in [6, 6.07) is 92.5.